The smallest absolute Gasteiger partial charge is 0.391 e. The molecule has 1 saturated carbocycles. The largest absolute Gasteiger partial charge is 0.495 e. The summed E-state index contributed by atoms with van der Waals surface area (Å²) in [5.41, 5.74) is 2.63. The van der Waals surface area contributed by atoms with Gasteiger partial charge in [0.1, 0.15) is 11.6 Å². The first-order chi connectivity index (χ1) is 17.2. The molecule has 4 nitrogen and oxygen atoms in total. The van der Waals surface area contributed by atoms with Crippen LogP contribution in [-0.2, 0) is 0 Å². The standard InChI is InChI=1S/C27H25F4NO3S/c1-35-23-15-19(26(33)34)11-14-22(23)32-36-24-4-2-3-21(25(24)28)18-7-5-16(6-8-18)17-9-12-20(13-10-17)27(29,30)31/h2-8,11,14-15,17,20,32H,9-10,12-13H2,1H3,(H,33,34)/t17-,20-. The van der Waals surface area contributed by atoms with E-state index in [0.29, 0.717) is 40.3 Å². The van der Waals surface area contributed by atoms with E-state index in [-0.39, 0.29) is 24.3 Å². The Morgan fingerprint density at radius 2 is 1.72 bits per heavy atom. The highest BCUT2D eigenvalue weighted by Gasteiger charge is 2.41. The summed E-state index contributed by atoms with van der Waals surface area (Å²) in [5.74, 6) is -2.32. The van der Waals surface area contributed by atoms with Gasteiger partial charge in [0.2, 0.25) is 0 Å². The molecule has 9 heteroatoms. The molecule has 0 heterocycles. The van der Waals surface area contributed by atoms with Crippen LogP contribution in [0.3, 0.4) is 0 Å². The molecule has 2 N–H and O–H groups in total. The van der Waals surface area contributed by atoms with Gasteiger partial charge in [-0.1, -0.05) is 36.4 Å². The predicted molar refractivity (Wildman–Crippen MR) is 132 cm³/mol. The number of carboxylic acid groups (broad SMARTS) is 1. The van der Waals surface area contributed by atoms with E-state index in [2.05, 4.69) is 4.72 Å². The molecule has 3 aromatic carbocycles. The molecule has 3 aromatic rings. The first-order valence-electron chi connectivity index (χ1n) is 11.5. The van der Waals surface area contributed by atoms with Gasteiger partial charge < -0.3 is 14.6 Å². The van der Waals surface area contributed by atoms with Gasteiger partial charge in [-0.3, -0.25) is 0 Å². The maximum absolute atomic E-state index is 15.3. The minimum absolute atomic E-state index is 0.0763. The van der Waals surface area contributed by atoms with Crippen molar-refractivity contribution in [3.8, 4) is 16.9 Å². The number of carbonyl (C=O) groups is 1. The average Bonchev–Trinajstić information content (AvgIpc) is 2.87. The van der Waals surface area contributed by atoms with E-state index in [0.717, 1.165) is 17.5 Å². The zero-order chi connectivity index (χ0) is 25.9. The topological polar surface area (TPSA) is 58.6 Å². The fourth-order valence-corrected chi connectivity index (χ4v) is 5.25. The summed E-state index contributed by atoms with van der Waals surface area (Å²) < 4.78 is 62.4. The van der Waals surface area contributed by atoms with E-state index in [4.69, 9.17) is 9.84 Å². The Bertz CT molecular complexity index is 1220. The van der Waals surface area contributed by atoms with Crippen molar-refractivity contribution in [3.05, 3.63) is 77.6 Å². The van der Waals surface area contributed by atoms with Crippen LogP contribution in [0.25, 0.3) is 11.1 Å². The molecule has 1 aliphatic rings. The van der Waals surface area contributed by atoms with Crippen LogP contribution in [0.15, 0.2) is 65.6 Å². The maximum Gasteiger partial charge on any atom is 0.391 e. The van der Waals surface area contributed by atoms with E-state index < -0.39 is 23.9 Å². The number of hydrogen-bond donors (Lipinski definition) is 2. The molecule has 0 bridgehead atoms. The van der Waals surface area contributed by atoms with Crippen molar-refractivity contribution in [2.45, 2.75) is 42.7 Å². The second-order valence-corrected chi connectivity index (χ2v) is 9.60. The number of benzene rings is 3. The van der Waals surface area contributed by atoms with Crippen LogP contribution in [0, 0.1) is 11.7 Å². The summed E-state index contributed by atoms with van der Waals surface area (Å²) >= 11 is 1.04. The maximum atomic E-state index is 15.3. The van der Waals surface area contributed by atoms with Crippen LogP contribution in [0.5, 0.6) is 5.75 Å². The summed E-state index contributed by atoms with van der Waals surface area (Å²) in [6.07, 6.45) is -2.86. The molecule has 0 aliphatic heterocycles. The molecule has 1 fully saturated rings. The van der Waals surface area contributed by atoms with Gasteiger partial charge in [0.05, 0.1) is 29.2 Å². The summed E-state index contributed by atoms with van der Waals surface area (Å²) in [4.78, 5) is 11.5. The molecule has 0 spiro atoms. The average molecular weight is 520 g/mol. The normalized spacial score (nSPS) is 18.0. The number of alkyl halides is 3. The molecule has 0 aromatic heterocycles. The number of methoxy groups -OCH3 is 1. The Kier molecular flexibility index (Phi) is 7.78. The predicted octanol–water partition coefficient (Wildman–Crippen LogP) is 8.15. The van der Waals surface area contributed by atoms with Gasteiger partial charge in [0, 0.05) is 5.56 Å². The molecule has 4 rings (SSSR count). The third-order valence-electron chi connectivity index (χ3n) is 6.57. The third kappa shape index (κ3) is 5.78. The summed E-state index contributed by atoms with van der Waals surface area (Å²) in [6.45, 7) is 0. The lowest BCUT2D eigenvalue weighted by Gasteiger charge is -2.30. The minimum atomic E-state index is -4.13. The molecule has 0 unspecified atom stereocenters. The first-order valence-corrected chi connectivity index (χ1v) is 12.3. The van der Waals surface area contributed by atoms with Crippen molar-refractivity contribution < 1.29 is 32.2 Å². The van der Waals surface area contributed by atoms with Gasteiger partial charge in [-0.2, -0.15) is 13.2 Å². The van der Waals surface area contributed by atoms with E-state index in [1.807, 2.05) is 12.1 Å². The van der Waals surface area contributed by atoms with Crippen LogP contribution >= 0.6 is 11.9 Å². The van der Waals surface area contributed by atoms with E-state index in [9.17, 15) is 18.0 Å². The van der Waals surface area contributed by atoms with E-state index >= 15 is 4.39 Å². The highest BCUT2D eigenvalue weighted by molar-refractivity contribution is 8.00. The van der Waals surface area contributed by atoms with Crippen molar-refractivity contribution in [1.29, 1.82) is 0 Å². The number of halogens is 4. The second kappa shape index (κ2) is 10.8. The fourth-order valence-electron chi connectivity index (χ4n) is 4.52. The van der Waals surface area contributed by atoms with Crippen LogP contribution < -0.4 is 9.46 Å². The fraction of sp³-hybridized carbons (Fsp3) is 0.296. The van der Waals surface area contributed by atoms with Gasteiger partial charge >= 0.3 is 12.1 Å². The lowest BCUT2D eigenvalue weighted by Crippen LogP contribution is -2.27. The summed E-state index contributed by atoms with van der Waals surface area (Å²) in [7, 11) is 1.42. The Hall–Kier alpha value is -3.20. The van der Waals surface area contributed by atoms with Crippen LogP contribution in [0.2, 0.25) is 0 Å². The first kappa shape index (κ1) is 25.9. The van der Waals surface area contributed by atoms with Crippen molar-refractivity contribution >= 4 is 23.6 Å². The van der Waals surface area contributed by atoms with Crippen molar-refractivity contribution in [2.24, 2.45) is 5.92 Å². The molecule has 0 amide bonds. The number of carboxylic acids is 1. The van der Waals surface area contributed by atoms with E-state index in [1.165, 1.54) is 19.2 Å². The van der Waals surface area contributed by atoms with Crippen molar-refractivity contribution in [2.75, 3.05) is 11.8 Å². The summed E-state index contributed by atoms with van der Waals surface area (Å²) in [5, 5.41) is 9.14. The van der Waals surface area contributed by atoms with Gasteiger partial charge in [-0.25, -0.2) is 9.18 Å². The number of hydrogen-bond acceptors (Lipinski definition) is 4. The zero-order valence-electron chi connectivity index (χ0n) is 19.4. The molecule has 0 saturated heterocycles. The number of anilines is 1. The van der Waals surface area contributed by atoms with Crippen LogP contribution in [0.1, 0.15) is 47.5 Å². The zero-order valence-corrected chi connectivity index (χ0v) is 20.3. The number of nitrogens with one attached hydrogen (secondary N) is 1. The Labute approximate surface area is 210 Å². The van der Waals surface area contributed by atoms with Gasteiger partial charge in [-0.05, 0) is 78.9 Å². The molecular formula is C27H25F4NO3S. The highest BCUT2D eigenvalue weighted by atomic mass is 32.2. The summed E-state index contributed by atoms with van der Waals surface area (Å²) in [6, 6.07) is 16.8. The van der Waals surface area contributed by atoms with Gasteiger partial charge in [0.25, 0.3) is 0 Å². The van der Waals surface area contributed by atoms with Crippen molar-refractivity contribution in [1.82, 2.24) is 0 Å². The highest BCUT2D eigenvalue weighted by Crippen LogP contribution is 2.43. The number of ether oxygens (including phenoxy) is 1. The Morgan fingerprint density at radius 1 is 1.03 bits per heavy atom. The number of rotatable bonds is 7. The number of aromatic carboxylic acids is 1. The van der Waals surface area contributed by atoms with Crippen molar-refractivity contribution in [3.63, 3.8) is 0 Å². The Balaban J connectivity index is 1.46. The van der Waals surface area contributed by atoms with Gasteiger partial charge in [0.15, 0.2) is 0 Å². The molecular weight excluding hydrogens is 494 g/mol. The Morgan fingerprint density at radius 3 is 2.33 bits per heavy atom. The second-order valence-electron chi connectivity index (χ2n) is 8.75. The SMILES string of the molecule is COc1cc(C(=O)O)ccc1NSc1cccc(-c2ccc([C@H]3CC[C@H](C(F)(F)F)CC3)cc2)c1F. The molecule has 1 aliphatic carbocycles. The van der Waals surface area contributed by atoms with E-state index in [1.54, 1.807) is 36.4 Å². The molecule has 0 radical (unpaired) electrons. The molecule has 190 valence electrons. The minimum Gasteiger partial charge on any atom is -0.495 e. The third-order valence-corrected chi connectivity index (χ3v) is 7.42. The molecule has 36 heavy (non-hydrogen) atoms. The lowest BCUT2D eigenvalue weighted by molar-refractivity contribution is -0.182. The lowest BCUT2D eigenvalue weighted by atomic mass is 9.78. The van der Waals surface area contributed by atoms with Crippen LogP contribution in [-0.4, -0.2) is 24.4 Å². The quantitative estimate of drug-likeness (QED) is 0.244. The van der Waals surface area contributed by atoms with Gasteiger partial charge in [-0.15, -0.1) is 0 Å². The van der Waals surface area contributed by atoms with Crippen LogP contribution in [0.4, 0.5) is 23.2 Å². The monoisotopic (exact) mass is 519 g/mol. The molecule has 0 atom stereocenters.